The minimum absolute atomic E-state index is 0.630. The van der Waals surface area contributed by atoms with Crippen LogP contribution in [-0.4, -0.2) is 4.98 Å². The highest BCUT2D eigenvalue weighted by molar-refractivity contribution is 6.19. The normalized spacial score (nSPS) is 11.3. The fourth-order valence-electron chi connectivity index (χ4n) is 6.67. The number of hydrogen-bond donors (Lipinski definition) is 0. The highest BCUT2D eigenvalue weighted by atomic mass is 16.3. The summed E-state index contributed by atoms with van der Waals surface area (Å²) in [6, 6.07) is 64.0. The smallest absolute Gasteiger partial charge is 0.227 e. The number of aromatic nitrogens is 1. The van der Waals surface area contributed by atoms with Crippen LogP contribution in [0, 0.1) is 0 Å². The second kappa shape index (κ2) is 11.7. The van der Waals surface area contributed by atoms with E-state index in [-0.39, 0.29) is 0 Å². The number of nitrogens with zero attached hydrogens (tertiary/aromatic N) is 2. The third kappa shape index (κ3) is 4.99. The minimum atomic E-state index is 0.630. The Balaban J connectivity index is 1.22. The van der Waals surface area contributed by atoms with Crippen molar-refractivity contribution in [3.8, 4) is 33.7 Å². The van der Waals surface area contributed by atoms with Crippen molar-refractivity contribution in [1.82, 2.24) is 4.98 Å². The van der Waals surface area contributed by atoms with E-state index in [4.69, 9.17) is 9.40 Å². The van der Waals surface area contributed by atoms with Gasteiger partial charge in [0.25, 0.3) is 0 Å². The summed E-state index contributed by atoms with van der Waals surface area (Å²) in [5.41, 5.74) is 10.6. The summed E-state index contributed by atoms with van der Waals surface area (Å²) in [5.74, 6) is 0.630. The number of rotatable bonds is 6. The van der Waals surface area contributed by atoms with Crippen LogP contribution < -0.4 is 4.90 Å². The molecule has 0 bridgehead atoms. The van der Waals surface area contributed by atoms with Gasteiger partial charge in [0.1, 0.15) is 5.52 Å². The lowest BCUT2D eigenvalue weighted by Gasteiger charge is -2.26. The van der Waals surface area contributed by atoms with Gasteiger partial charge in [-0.15, -0.1) is 0 Å². The molecule has 0 saturated carbocycles. The Morgan fingerprint density at radius 2 is 0.854 bits per heavy atom. The molecule has 48 heavy (non-hydrogen) atoms. The van der Waals surface area contributed by atoms with E-state index in [2.05, 4.69) is 150 Å². The first-order valence-electron chi connectivity index (χ1n) is 16.2. The molecular formula is C45H30N2O. The molecule has 0 saturated heterocycles. The van der Waals surface area contributed by atoms with Crippen LogP contribution in [0.3, 0.4) is 0 Å². The molecule has 0 unspecified atom stereocenters. The van der Waals surface area contributed by atoms with Gasteiger partial charge in [-0.05, 0) is 93.0 Å². The largest absolute Gasteiger partial charge is 0.436 e. The van der Waals surface area contributed by atoms with Crippen LogP contribution in [0.15, 0.2) is 186 Å². The second-order valence-corrected chi connectivity index (χ2v) is 12.0. The molecule has 0 radical (unpaired) electrons. The Morgan fingerprint density at radius 1 is 0.396 bits per heavy atom. The molecule has 3 nitrogen and oxygen atoms in total. The molecule has 0 aliphatic carbocycles. The van der Waals surface area contributed by atoms with Crippen molar-refractivity contribution < 1.29 is 4.42 Å². The highest BCUT2D eigenvalue weighted by Crippen LogP contribution is 2.41. The van der Waals surface area contributed by atoms with Gasteiger partial charge >= 0.3 is 0 Å². The van der Waals surface area contributed by atoms with Crippen molar-refractivity contribution in [2.75, 3.05) is 4.90 Å². The van der Waals surface area contributed by atoms with Crippen LogP contribution in [0.25, 0.3) is 66.4 Å². The molecule has 0 aliphatic rings. The van der Waals surface area contributed by atoms with Crippen molar-refractivity contribution >= 4 is 49.7 Å². The molecule has 226 valence electrons. The van der Waals surface area contributed by atoms with Crippen molar-refractivity contribution in [2.24, 2.45) is 0 Å². The Bertz CT molecular complexity index is 2440. The molecule has 3 heteroatoms. The van der Waals surface area contributed by atoms with Crippen molar-refractivity contribution in [2.45, 2.75) is 0 Å². The summed E-state index contributed by atoms with van der Waals surface area (Å²) < 4.78 is 6.30. The first-order valence-corrected chi connectivity index (χ1v) is 16.2. The highest BCUT2D eigenvalue weighted by Gasteiger charge is 2.17. The maximum absolute atomic E-state index is 6.30. The lowest BCUT2D eigenvalue weighted by Crippen LogP contribution is -2.09. The van der Waals surface area contributed by atoms with Crippen LogP contribution >= 0.6 is 0 Å². The summed E-state index contributed by atoms with van der Waals surface area (Å²) in [4.78, 5) is 7.38. The van der Waals surface area contributed by atoms with Gasteiger partial charge in [-0.2, -0.15) is 0 Å². The van der Waals surface area contributed by atoms with Crippen LogP contribution in [0.4, 0.5) is 17.1 Å². The van der Waals surface area contributed by atoms with Crippen LogP contribution in [0.5, 0.6) is 0 Å². The van der Waals surface area contributed by atoms with E-state index >= 15 is 0 Å². The molecule has 0 fully saturated rings. The third-order valence-corrected chi connectivity index (χ3v) is 9.09. The lowest BCUT2D eigenvalue weighted by molar-refractivity contribution is 0.620. The molecule has 0 N–H and O–H groups in total. The molecule has 0 amide bonds. The van der Waals surface area contributed by atoms with Gasteiger partial charge in [0.15, 0.2) is 5.58 Å². The van der Waals surface area contributed by atoms with E-state index in [1.807, 2.05) is 36.4 Å². The van der Waals surface area contributed by atoms with E-state index in [1.165, 1.54) is 22.3 Å². The zero-order valence-corrected chi connectivity index (χ0v) is 26.1. The molecule has 9 rings (SSSR count). The van der Waals surface area contributed by atoms with Gasteiger partial charge in [-0.1, -0.05) is 127 Å². The summed E-state index contributed by atoms with van der Waals surface area (Å²) >= 11 is 0. The zero-order valence-electron chi connectivity index (χ0n) is 26.1. The molecule has 0 atom stereocenters. The SMILES string of the molecule is c1ccc(-c2ccc(N(c3ccc(-c4ccccc4)cc3)c3ccc4ccc5ccc6oc(-c7ccccc7)nc6c5c4c3)cc2)cc1. The van der Waals surface area contributed by atoms with E-state index in [1.54, 1.807) is 0 Å². The van der Waals surface area contributed by atoms with E-state index in [0.717, 1.165) is 55.3 Å². The topological polar surface area (TPSA) is 29.3 Å². The Labute approximate surface area is 279 Å². The fourth-order valence-corrected chi connectivity index (χ4v) is 6.67. The fraction of sp³-hybridized carbons (Fsp3) is 0. The number of benzene rings is 8. The van der Waals surface area contributed by atoms with Crippen LogP contribution in [-0.2, 0) is 0 Å². The van der Waals surface area contributed by atoms with Crippen molar-refractivity contribution in [3.63, 3.8) is 0 Å². The summed E-state index contributed by atoms with van der Waals surface area (Å²) in [7, 11) is 0. The number of hydrogen-bond acceptors (Lipinski definition) is 3. The third-order valence-electron chi connectivity index (χ3n) is 9.09. The summed E-state index contributed by atoms with van der Waals surface area (Å²) in [6.07, 6.45) is 0. The summed E-state index contributed by atoms with van der Waals surface area (Å²) in [6.45, 7) is 0. The Kier molecular flexibility index (Phi) is 6.80. The maximum atomic E-state index is 6.30. The zero-order chi connectivity index (χ0) is 31.9. The Hall–Kier alpha value is -6.45. The second-order valence-electron chi connectivity index (χ2n) is 12.0. The van der Waals surface area contributed by atoms with E-state index in [9.17, 15) is 0 Å². The molecule has 0 aliphatic heterocycles. The first kappa shape index (κ1) is 27.8. The minimum Gasteiger partial charge on any atom is -0.436 e. The van der Waals surface area contributed by atoms with E-state index < -0.39 is 0 Å². The van der Waals surface area contributed by atoms with E-state index in [0.29, 0.717) is 5.89 Å². The van der Waals surface area contributed by atoms with Crippen LogP contribution in [0.2, 0.25) is 0 Å². The lowest BCUT2D eigenvalue weighted by atomic mass is 9.99. The molecule has 1 aromatic heterocycles. The molecule has 9 aromatic rings. The quantitative estimate of drug-likeness (QED) is 0.175. The van der Waals surface area contributed by atoms with Gasteiger partial charge < -0.3 is 9.32 Å². The monoisotopic (exact) mass is 614 g/mol. The number of anilines is 3. The van der Waals surface area contributed by atoms with Crippen molar-refractivity contribution in [1.29, 1.82) is 0 Å². The predicted octanol–water partition coefficient (Wildman–Crippen LogP) is 12.6. The average molecular weight is 615 g/mol. The molecular weight excluding hydrogens is 585 g/mol. The van der Waals surface area contributed by atoms with Gasteiger partial charge in [0.05, 0.1) is 0 Å². The van der Waals surface area contributed by atoms with Crippen molar-refractivity contribution in [3.05, 3.63) is 182 Å². The number of fused-ring (bicyclic) bond motifs is 5. The standard InChI is InChI=1S/C45H30N2O/c1-4-10-31(11-5-1)33-18-24-38(25-19-33)47(39-26-20-34(21-27-39)32-12-6-2-7-13-32)40-28-22-35-16-17-36-23-29-42-44(43(36)41(35)30-40)46-45(48-42)37-14-8-3-9-15-37/h1-30H. The maximum Gasteiger partial charge on any atom is 0.227 e. The average Bonchev–Trinajstić information content (AvgIpc) is 3.61. The summed E-state index contributed by atoms with van der Waals surface area (Å²) in [5, 5.41) is 4.51. The van der Waals surface area contributed by atoms with Gasteiger partial charge in [0.2, 0.25) is 5.89 Å². The molecule has 0 spiro atoms. The number of oxazole rings is 1. The molecule has 8 aromatic carbocycles. The van der Waals surface area contributed by atoms with Gasteiger partial charge in [-0.25, -0.2) is 4.98 Å². The van der Waals surface area contributed by atoms with Crippen LogP contribution in [0.1, 0.15) is 0 Å². The first-order chi connectivity index (χ1) is 23.8. The molecule has 1 heterocycles. The predicted molar refractivity (Wildman–Crippen MR) is 200 cm³/mol. The van der Waals surface area contributed by atoms with Gasteiger partial charge in [-0.3, -0.25) is 0 Å². The van der Waals surface area contributed by atoms with Gasteiger partial charge in [0, 0.05) is 28.0 Å². The Morgan fingerprint density at radius 3 is 1.44 bits per heavy atom.